The van der Waals surface area contributed by atoms with E-state index >= 15 is 0 Å². The molecule has 0 saturated carbocycles. The van der Waals surface area contributed by atoms with Gasteiger partial charge in [-0.1, -0.05) is 6.92 Å². The molecule has 1 aromatic rings. The monoisotopic (exact) mass is 247 g/mol. The molecule has 1 rings (SSSR count). The number of sulfonamides is 1. The lowest BCUT2D eigenvalue weighted by molar-refractivity contribution is 0.0698. The number of anilines is 1. The van der Waals surface area contributed by atoms with Gasteiger partial charge < -0.3 is 5.11 Å². The maximum atomic E-state index is 11.5. The molecule has 16 heavy (non-hydrogen) atoms. The molecule has 0 aliphatic rings. The van der Waals surface area contributed by atoms with E-state index in [2.05, 4.69) is 9.82 Å². The number of nitrogens with zero attached hydrogens (tertiary/aromatic N) is 2. The number of carboxylic acids is 1. The van der Waals surface area contributed by atoms with Crippen LogP contribution in [-0.2, 0) is 17.1 Å². The van der Waals surface area contributed by atoms with Gasteiger partial charge in [-0.05, 0) is 6.42 Å². The number of rotatable bonds is 5. The van der Waals surface area contributed by atoms with Gasteiger partial charge in [-0.25, -0.2) is 13.2 Å². The van der Waals surface area contributed by atoms with Crippen molar-refractivity contribution in [3.05, 3.63) is 11.8 Å². The van der Waals surface area contributed by atoms with Gasteiger partial charge >= 0.3 is 5.97 Å². The van der Waals surface area contributed by atoms with E-state index in [1.165, 1.54) is 11.7 Å². The lowest BCUT2D eigenvalue weighted by Gasteiger charge is -2.07. The minimum Gasteiger partial charge on any atom is -0.477 e. The van der Waals surface area contributed by atoms with E-state index in [1.54, 1.807) is 6.92 Å². The third-order valence-electron chi connectivity index (χ3n) is 1.89. The zero-order chi connectivity index (χ0) is 12.3. The Kier molecular flexibility index (Phi) is 3.53. The average Bonchev–Trinajstić information content (AvgIpc) is 2.47. The summed E-state index contributed by atoms with van der Waals surface area (Å²) in [5, 5.41) is 12.5. The van der Waals surface area contributed by atoms with E-state index in [4.69, 9.17) is 5.11 Å². The molecule has 0 spiro atoms. The second-order valence-corrected chi connectivity index (χ2v) is 5.10. The SMILES string of the molecule is CCCS(=O)(=O)Nc1c(C(=O)O)cnn1C. The van der Waals surface area contributed by atoms with Crippen molar-refractivity contribution in [2.45, 2.75) is 13.3 Å². The van der Waals surface area contributed by atoms with Crippen LogP contribution in [0.1, 0.15) is 23.7 Å². The van der Waals surface area contributed by atoms with Gasteiger partial charge in [0.1, 0.15) is 5.56 Å². The Morgan fingerprint density at radius 3 is 2.75 bits per heavy atom. The number of aromatic carboxylic acids is 1. The highest BCUT2D eigenvalue weighted by Crippen LogP contribution is 2.15. The van der Waals surface area contributed by atoms with Crippen molar-refractivity contribution >= 4 is 21.8 Å². The summed E-state index contributed by atoms with van der Waals surface area (Å²) in [6, 6.07) is 0. The van der Waals surface area contributed by atoms with Crippen molar-refractivity contribution in [3.8, 4) is 0 Å². The van der Waals surface area contributed by atoms with Crippen LogP contribution < -0.4 is 4.72 Å². The van der Waals surface area contributed by atoms with E-state index < -0.39 is 16.0 Å². The number of carboxylic acid groups (broad SMARTS) is 1. The van der Waals surface area contributed by atoms with E-state index in [-0.39, 0.29) is 17.1 Å². The first-order valence-corrected chi connectivity index (χ1v) is 6.28. The molecule has 90 valence electrons. The Labute approximate surface area is 93.1 Å². The molecule has 0 amide bonds. The Balaban J connectivity index is 3.05. The first-order chi connectivity index (χ1) is 7.37. The van der Waals surface area contributed by atoms with Crippen molar-refractivity contribution in [2.24, 2.45) is 7.05 Å². The van der Waals surface area contributed by atoms with Crippen molar-refractivity contribution < 1.29 is 18.3 Å². The minimum absolute atomic E-state index is 0.0269. The second-order valence-electron chi connectivity index (χ2n) is 3.26. The van der Waals surface area contributed by atoms with Crippen molar-refractivity contribution in [1.29, 1.82) is 0 Å². The molecule has 0 aromatic carbocycles. The fourth-order valence-electron chi connectivity index (χ4n) is 1.18. The van der Waals surface area contributed by atoms with Gasteiger partial charge in [-0.15, -0.1) is 0 Å². The summed E-state index contributed by atoms with van der Waals surface area (Å²) in [6.07, 6.45) is 1.56. The summed E-state index contributed by atoms with van der Waals surface area (Å²) in [5.41, 5.74) is -0.165. The number of carbonyl (C=O) groups is 1. The maximum absolute atomic E-state index is 11.5. The molecule has 0 aliphatic carbocycles. The van der Waals surface area contributed by atoms with Crippen molar-refractivity contribution in [3.63, 3.8) is 0 Å². The van der Waals surface area contributed by atoms with Crippen molar-refractivity contribution in [1.82, 2.24) is 9.78 Å². The first kappa shape index (κ1) is 12.5. The van der Waals surface area contributed by atoms with Crippen LogP contribution in [0.3, 0.4) is 0 Å². The van der Waals surface area contributed by atoms with Crippen LogP contribution in [0.4, 0.5) is 5.82 Å². The molecule has 0 atom stereocenters. The smallest absolute Gasteiger partial charge is 0.341 e. The quantitative estimate of drug-likeness (QED) is 0.777. The number of aromatic nitrogens is 2. The van der Waals surface area contributed by atoms with Crippen molar-refractivity contribution in [2.75, 3.05) is 10.5 Å². The number of aryl methyl sites for hydroxylation is 1. The van der Waals surface area contributed by atoms with Gasteiger partial charge in [0.05, 0.1) is 11.9 Å². The van der Waals surface area contributed by atoms with Gasteiger partial charge in [0.25, 0.3) is 0 Å². The summed E-state index contributed by atoms with van der Waals surface area (Å²) >= 11 is 0. The summed E-state index contributed by atoms with van der Waals surface area (Å²) in [6.45, 7) is 1.72. The summed E-state index contributed by atoms with van der Waals surface area (Å²) in [4.78, 5) is 10.8. The lowest BCUT2D eigenvalue weighted by atomic mass is 10.3. The Bertz CT molecular complexity index is 491. The predicted octanol–water partition coefficient (Wildman–Crippen LogP) is 0.270. The molecule has 1 heterocycles. The molecule has 0 radical (unpaired) electrons. The topological polar surface area (TPSA) is 101 Å². The average molecular weight is 247 g/mol. The second kappa shape index (κ2) is 4.52. The third-order valence-corrected chi connectivity index (χ3v) is 3.34. The van der Waals surface area contributed by atoms with Crippen LogP contribution in [0, 0.1) is 0 Å². The summed E-state index contributed by atoms with van der Waals surface area (Å²) < 4.78 is 26.3. The molecular formula is C8H13N3O4S. The Morgan fingerprint density at radius 2 is 2.25 bits per heavy atom. The first-order valence-electron chi connectivity index (χ1n) is 4.63. The number of nitrogens with one attached hydrogen (secondary N) is 1. The van der Waals surface area contributed by atoms with Crippen LogP contribution in [0.5, 0.6) is 0 Å². The largest absolute Gasteiger partial charge is 0.477 e. The van der Waals surface area contributed by atoms with Crippen LogP contribution in [0.2, 0.25) is 0 Å². The molecule has 0 bridgehead atoms. The fourth-order valence-corrected chi connectivity index (χ4v) is 2.36. The number of hydrogen-bond acceptors (Lipinski definition) is 4. The molecule has 1 aromatic heterocycles. The third kappa shape index (κ3) is 2.72. The van der Waals surface area contributed by atoms with Crippen LogP contribution in [0.15, 0.2) is 6.20 Å². The highest BCUT2D eigenvalue weighted by molar-refractivity contribution is 7.92. The molecule has 0 unspecified atom stereocenters. The van der Waals surface area contributed by atoms with Gasteiger partial charge in [-0.3, -0.25) is 9.40 Å². The Morgan fingerprint density at radius 1 is 1.62 bits per heavy atom. The van der Waals surface area contributed by atoms with E-state index in [9.17, 15) is 13.2 Å². The lowest BCUT2D eigenvalue weighted by Crippen LogP contribution is -2.19. The molecule has 0 fully saturated rings. The van der Waals surface area contributed by atoms with E-state index in [0.29, 0.717) is 6.42 Å². The molecule has 7 nitrogen and oxygen atoms in total. The molecule has 0 aliphatic heterocycles. The van der Waals surface area contributed by atoms with Gasteiger partial charge in [0.2, 0.25) is 10.0 Å². The summed E-state index contributed by atoms with van der Waals surface area (Å²) in [7, 11) is -2.04. The molecular weight excluding hydrogens is 234 g/mol. The Hall–Kier alpha value is -1.57. The van der Waals surface area contributed by atoms with E-state index in [0.717, 1.165) is 6.20 Å². The fraction of sp³-hybridized carbons (Fsp3) is 0.500. The van der Waals surface area contributed by atoms with Crippen LogP contribution >= 0.6 is 0 Å². The van der Waals surface area contributed by atoms with Gasteiger partial charge in [-0.2, -0.15) is 5.10 Å². The molecule has 2 N–H and O–H groups in total. The predicted molar refractivity (Wildman–Crippen MR) is 57.9 cm³/mol. The van der Waals surface area contributed by atoms with Gasteiger partial charge in [0, 0.05) is 7.05 Å². The van der Waals surface area contributed by atoms with Crippen LogP contribution in [-0.4, -0.2) is 35.0 Å². The molecule has 8 heteroatoms. The van der Waals surface area contributed by atoms with E-state index in [1.807, 2.05) is 0 Å². The molecule has 0 saturated heterocycles. The highest BCUT2D eigenvalue weighted by atomic mass is 32.2. The number of hydrogen-bond donors (Lipinski definition) is 2. The zero-order valence-corrected chi connectivity index (χ0v) is 9.78. The summed E-state index contributed by atoms with van der Waals surface area (Å²) in [5.74, 6) is -1.31. The highest BCUT2D eigenvalue weighted by Gasteiger charge is 2.19. The zero-order valence-electron chi connectivity index (χ0n) is 8.97. The van der Waals surface area contributed by atoms with Crippen LogP contribution in [0.25, 0.3) is 0 Å². The van der Waals surface area contributed by atoms with Gasteiger partial charge in [0.15, 0.2) is 5.82 Å². The maximum Gasteiger partial charge on any atom is 0.341 e. The standard InChI is InChI=1S/C8H13N3O4S/c1-3-4-16(14,15)10-7-6(8(12)13)5-9-11(7)2/h5,10H,3-4H2,1-2H3,(H,12,13). The normalized spacial score (nSPS) is 11.4. The minimum atomic E-state index is -3.51.